The molecule has 2 aliphatic heterocycles. The first-order valence-electron chi connectivity index (χ1n) is 12.9. The minimum atomic E-state index is -2.71. The molecule has 39 heavy (non-hydrogen) atoms. The summed E-state index contributed by atoms with van der Waals surface area (Å²) in [6, 6.07) is 15.0. The van der Waals surface area contributed by atoms with E-state index in [1.54, 1.807) is 42.6 Å². The zero-order chi connectivity index (χ0) is 27.2. The zero-order valence-electron chi connectivity index (χ0n) is 21.2. The highest BCUT2D eigenvalue weighted by atomic mass is 32.2. The lowest BCUT2D eigenvalue weighted by molar-refractivity contribution is -0.00909. The van der Waals surface area contributed by atoms with E-state index in [4.69, 9.17) is 4.74 Å². The number of ether oxygens (including phenoxy) is 1. The number of likely N-dealkylation sites (tertiary alicyclic amines) is 1. The normalized spacial score (nSPS) is 17.6. The number of aromatic nitrogens is 1. The number of fused-ring (bicyclic) bond motifs is 1. The second-order valence-corrected chi connectivity index (χ2v) is 10.3. The molecule has 0 aliphatic carbocycles. The molecule has 3 heterocycles. The lowest BCUT2D eigenvalue weighted by Gasteiger charge is -2.39. The van der Waals surface area contributed by atoms with E-state index in [0.717, 1.165) is 5.39 Å². The molecule has 10 heteroatoms. The second-order valence-electron chi connectivity index (χ2n) is 9.50. The topological polar surface area (TPSA) is 66.8 Å². The fraction of sp³-hybridized carbons (Fsp3) is 0.345. The Bertz CT molecular complexity index is 1370. The van der Waals surface area contributed by atoms with Crippen LogP contribution in [-0.4, -0.2) is 65.3 Å². The summed E-state index contributed by atoms with van der Waals surface area (Å²) in [5.74, 6) is -0.201. The first-order valence-corrected chi connectivity index (χ1v) is 13.9. The highest BCUT2D eigenvalue weighted by Gasteiger charge is 2.32. The molecule has 204 valence electrons. The van der Waals surface area contributed by atoms with Crippen molar-refractivity contribution in [1.82, 2.24) is 15.2 Å². The predicted octanol–water partition coefficient (Wildman–Crippen LogP) is 5.45. The lowest BCUT2D eigenvalue weighted by Crippen LogP contribution is -2.50. The summed E-state index contributed by atoms with van der Waals surface area (Å²) >= 11 is 1.37. The fourth-order valence-electron chi connectivity index (χ4n) is 5.08. The van der Waals surface area contributed by atoms with Crippen molar-refractivity contribution in [3.05, 3.63) is 89.0 Å². The number of alkyl halides is 2. The average molecular weight is 555 g/mol. The number of rotatable bonds is 9. The Morgan fingerprint density at radius 3 is 2.72 bits per heavy atom. The minimum Gasteiger partial charge on any atom is -0.373 e. The van der Waals surface area contributed by atoms with Gasteiger partial charge in [0.25, 0.3) is 12.3 Å². The van der Waals surface area contributed by atoms with Crippen molar-refractivity contribution in [2.24, 2.45) is 4.99 Å². The molecule has 1 aromatic heterocycles. The fourth-order valence-corrected chi connectivity index (χ4v) is 5.86. The molecular formula is C29H29F3N4O2S. The summed E-state index contributed by atoms with van der Waals surface area (Å²) in [7, 11) is 0. The van der Waals surface area contributed by atoms with Crippen molar-refractivity contribution in [2.45, 2.75) is 38.0 Å². The summed E-state index contributed by atoms with van der Waals surface area (Å²) in [6.45, 7) is 1.53. The Morgan fingerprint density at radius 1 is 1.10 bits per heavy atom. The standard InChI is InChI=1S/C29H29F3N4O2S/c30-24-8-2-1-5-19(24)16-38-20-10-13-36(14-11-20)26(23-17-39-18-35-27(23)28(31)32)15-34-29(37)22-6-3-9-25-21(22)7-4-12-33-25/h1-9,12,18,20,26,28H,10-11,13-17H2,(H,34,37). The van der Waals surface area contributed by atoms with Crippen molar-refractivity contribution in [2.75, 3.05) is 25.4 Å². The van der Waals surface area contributed by atoms with Gasteiger partial charge in [0.15, 0.2) is 0 Å². The summed E-state index contributed by atoms with van der Waals surface area (Å²) in [6.07, 6.45) is 0.231. The molecule has 3 aromatic rings. The largest absolute Gasteiger partial charge is 0.373 e. The van der Waals surface area contributed by atoms with E-state index in [-0.39, 0.29) is 36.7 Å². The van der Waals surface area contributed by atoms with E-state index >= 15 is 0 Å². The lowest BCUT2D eigenvalue weighted by atomic mass is 9.99. The Labute approximate surface area is 229 Å². The van der Waals surface area contributed by atoms with Crippen LogP contribution in [0.2, 0.25) is 0 Å². The van der Waals surface area contributed by atoms with Crippen LogP contribution < -0.4 is 5.32 Å². The maximum Gasteiger partial charge on any atom is 0.280 e. The van der Waals surface area contributed by atoms with Crippen molar-refractivity contribution in [1.29, 1.82) is 0 Å². The number of thioether (sulfide) groups is 1. The number of benzene rings is 2. The molecule has 6 nitrogen and oxygen atoms in total. The Hall–Kier alpha value is -3.21. The van der Waals surface area contributed by atoms with Gasteiger partial charge in [-0.3, -0.25) is 14.7 Å². The van der Waals surface area contributed by atoms with Crippen molar-refractivity contribution >= 4 is 34.1 Å². The average Bonchev–Trinajstić information content (AvgIpc) is 2.97. The van der Waals surface area contributed by atoms with E-state index in [1.165, 1.54) is 23.4 Å². The molecule has 0 spiro atoms. The van der Waals surface area contributed by atoms with Gasteiger partial charge in [0, 0.05) is 48.1 Å². The van der Waals surface area contributed by atoms with Gasteiger partial charge in [-0.1, -0.05) is 30.3 Å². The molecule has 5 rings (SSSR count). The summed E-state index contributed by atoms with van der Waals surface area (Å²) in [5.41, 5.74) is 3.46. The zero-order valence-corrected chi connectivity index (χ0v) is 22.0. The van der Waals surface area contributed by atoms with Gasteiger partial charge in [0.1, 0.15) is 11.5 Å². The van der Waals surface area contributed by atoms with Crippen LogP contribution in [-0.2, 0) is 11.3 Å². The first kappa shape index (κ1) is 27.4. The van der Waals surface area contributed by atoms with E-state index in [0.29, 0.717) is 53.9 Å². The number of aliphatic imine (C=N–C) groups is 1. The number of amides is 1. The summed E-state index contributed by atoms with van der Waals surface area (Å²) < 4.78 is 47.8. The third kappa shape index (κ3) is 6.51. The van der Waals surface area contributed by atoms with E-state index in [1.807, 2.05) is 12.1 Å². The summed E-state index contributed by atoms with van der Waals surface area (Å²) in [5, 5.41) is 3.72. The van der Waals surface area contributed by atoms with Crippen molar-refractivity contribution in [3.63, 3.8) is 0 Å². The van der Waals surface area contributed by atoms with Gasteiger partial charge in [-0.25, -0.2) is 18.2 Å². The number of nitrogens with zero attached hydrogens (tertiary/aromatic N) is 3. The van der Waals surface area contributed by atoms with Crippen LogP contribution in [0, 0.1) is 5.82 Å². The van der Waals surface area contributed by atoms with Crippen LogP contribution in [0.1, 0.15) is 28.8 Å². The van der Waals surface area contributed by atoms with Crippen molar-refractivity contribution < 1.29 is 22.7 Å². The van der Waals surface area contributed by atoms with Crippen LogP contribution in [0.15, 0.2) is 77.1 Å². The van der Waals surface area contributed by atoms with Gasteiger partial charge < -0.3 is 10.1 Å². The number of allylic oxidation sites excluding steroid dienone is 1. The SMILES string of the molecule is O=C(NCC(C1=C(C(F)F)N=CSC1)N1CCC(OCc2ccccc2F)CC1)c1cccc2ncccc12. The number of nitrogens with one attached hydrogen (secondary N) is 1. The van der Waals surface area contributed by atoms with Gasteiger partial charge in [-0.15, -0.1) is 11.8 Å². The molecule has 0 radical (unpaired) electrons. The number of carbonyl (C=O) groups excluding carboxylic acids is 1. The van der Waals surface area contributed by atoms with Gasteiger partial charge in [0.2, 0.25) is 0 Å². The molecule has 1 N–H and O–H groups in total. The number of halogens is 3. The molecule has 1 unspecified atom stereocenters. The van der Waals surface area contributed by atoms with Crippen molar-refractivity contribution in [3.8, 4) is 0 Å². The Kier molecular flexibility index (Phi) is 8.95. The third-order valence-corrected chi connectivity index (χ3v) is 7.87. The minimum absolute atomic E-state index is 0.0680. The number of hydrogen-bond donors (Lipinski definition) is 1. The summed E-state index contributed by atoms with van der Waals surface area (Å²) in [4.78, 5) is 23.7. The molecule has 1 atom stereocenters. The van der Waals surface area contributed by atoms with Crippen LogP contribution in [0.3, 0.4) is 0 Å². The molecule has 0 bridgehead atoms. The maximum atomic E-state index is 14.0. The van der Waals surface area contributed by atoms with Crippen LogP contribution >= 0.6 is 11.8 Å². The Balaban J connectivity index is 1.30. The van der Waals surface area contributed by atoms with Crippen LogP contribution in [0.5, 0.6) is 0 Å². The van der Waals surface area contributed by atoms with E-state index in [2.05, 4.69) is 20.2 Å². The van der Waals surface area contributed by atoms with Gasteiger partial charge in [-0.2, -0.15) is 0 Å². The quantitative estimate of drug-likeness (QED) is 0.381. The van der Waals surface area contributed by atoms with E-state index in [9.17, 15) is 18.0 Å². The Morgan fingerprint density at radius 2 is 1.92 bits per heavy atom. The highest BCUT2D eigenvalue weighted by Crippen LogP contribution is 2.30. The highest BCUT2D eigenvalue weighted by molar-refractivity contribution is 8.12. The number of piperidine rings is 1. The molecule has 0 saturated carbocycles. The van der Waals surface area contributed by atoms with E-state index < -0.39 is 12.5 Å². The molecule has 1 fully saturated rings. The van der Waals surface area contributed by atoms with Crippen LogP contribution in [0.4, 0.5) is 13.2 Å². The third-order valence-electron chi connectivity index (χ3n) is 7.14. The van der Waals surface area contributed by atoms with Gasteiger partial charge in [0.05, 0.1) is 29.8 Å². The smallest absolute Gasteiger partial charge is 0.280 e. The first-order chi connectivity index (χ1) is 19.0. The monoisotopic (exact) mass is 554 g/mol. The molecule has 2 aromatic carbocycles. The second kappa shape index (κ2) is 12.8. The number of hydrogen-bond acceptors (Lipinski definition) is 6. The number of carbonyl (C=O) groups is 1. The van der Waals surface area contributed by atoms with Crippen LogP contribution in [0.25, 0.3) is 10.9 Å². The maximum absolute atomic E-state index is 14.0. The van der Waals surface area contributed by atoms with Gasteiger partial charge >= 0.3 is 0 Å². The molecule has 2 aliphatic rings. The molecule has 1 amide bonds. The molecule has 1 saturated heterocycles. The predicted molar refractivity (Wildman–Crippen MR) is 148 cm³/mol. The molecular weight excluding hydrogens is 525 g/mol. The number of pyridine rings is 1. The van der Waals surface area contributed by atoms with Gasteiger partial charge in [-0.05, 0) is 42.7 Å².